The minimum Gasteiger partial charge on any atom is -0.481 e. The van der Waals surface area contributed by atoms with Crippen molar-refractivity contribution >= 4 is 27.3 Å². The molecule has 162 valence electrons. The molecular weight excluding hydrogens is 435 g/mol. The molecule has 3 rings (SSSR count). The maximum atomic E-state index is 12.8. The summed E-state index contributed by atoms with van der Waals surface area (Å²) in [5, 5.41) is 2.60. The number of aromatic nitrogens is 1. The van der Waals surface area contributed by atoms with Crippen LogP contribution in [-0.2, 0) is 16.2 Å². The van der Waals surface area contributed by atoms with Crippen LogP contribution in [0.4, 0.5) is 24.5 Å². The van der Waals surface area contributed by atoms with Crippen LogP contribution < -0.4 is 14.8 Å². The zero-order valence-electron chi connectivity index (χ0n) is 16.0. The number of benzene rings is 2. The number of rotatable bonds is 6. The SMILES string of the molecule is COc1ccc(NC(=O)c2ccc(S(=O)(=O)Nc3cccc(C(F)(F)F)c3)cc2)cn1. The van der Waals surface area contributed by atoms with E-state index in [0.717, 1.165) is 12.1 Å². The number of carbonyl (C=O) groups excluding carboxylic acids is 1. The van der Waals surface area contributed by atoms with Crippen LogP contribution in [0.2, 0.25) is 0 Å². The van der Waals surface area contributed by atoms with Gasteiger partial charge in [0.15, 0.2) is 0 Å². The lowest BCUT2D eigenvalue weighted by Gasteiger charge is -2.11. The second kappa shape index (κ2) is 8.64. The smallest absolute Gasteiger partial charge is 0.416 e. The Balaban J connectivity index is 1.73. The van der Waals surface area contributed by atoms with Crippen molar-refractivity contribution < 1.29 is 31.1 Å². The molecule has 0 atom stereocenters. The highest BCUT2D eigenvalue weighted by Crippen LogP contribution is 2.31. The van der Waals surface area contributed by atoms with Gasteiger partial charge in [0, 0.05) is 17.3 Å². The van der Waals surface area contributed by atoms with Gasteiger partial charge < -0.3 is 10.1 Å². The van der Waals surface area contributed by atoms with E-state index < -0.39 is 27.7 Å². The Hall–Kier alpha value is -3.60. The molecule has 0 unspecified atom stereocenters. The lowest BCUT2D eigenvalue weighted by molar-refractivity contribution is -0.137. The summed E-state index contributed by atoms with van der Waals surface area (Å²) in [5.74, 6) is -0.123. The fourth-order valence-corrected chi connectivity index (χ4v) is 3.59. The molecule has 3 aromatic rings. The van der Waals surface area contributed by atoms with Crippen molar-refractivity contribution in [2.75, 3.05) is 17.1 Å². The van der Waals surface area contributed by atoms with Crippen molar-refractivity contribution in [3.05, 3.63) is 78.0 Å². The first-order chi connectivity index (χ1) is 14.6. The zero-order chi connectivity index (χ0) is 22.6. The standard InChI is InChI=1S/C20H16F3N3O4S/c1-30-18-10-7-16(12-24-18)25-19(27)13-5-8-17(9-6-13)31(28,29)26-15-4-2-3-14(11-15)20(21,22)23/h2-12,26H,1H3,(H,25,27). The lowest BCUT2D eigenvalue weighted by atomic mass is 10.2. The highest BCUT2D eigenvalue weighted by atomic mass is 32.2. The van der Waals surface area contributed by atoms with Crippen LogP contribution >= 0.6 is 0 Å². The zero-order valence-corrected chi connectivity index (χ0v) is 16.8. The van der Waals surface area contributed by atoms with Crippen LogP contribution in [0.3, 0.4) is 0 Å². The third-order valence-corrected chi connectivity index (χ3v) is 5.47. The number of methoxy groups -OCH3 is 1. The number of ether oxygens (including phenoxy) is 1. The molecule has 0 saturated carbocycles. The van der Waals surface area contributed by atoms with E-state index in [-0.39, 0.29) is 16.1 Å². The van der Waals surface area contributed by atoms with Gasteiger partial charge in [-0.3, -0.25) is 9.52 Å². The van der Waals surface area contributed by atoms with Crippen LogP contribution in [0, 0.1) is 0 Å². The number of pyridine rings is 1. The van der Waals surface area contributed by atoms with Gasteiger partial charge in [0.05, 0.1) is 29.5 Å². The largest absolute Gasteiger partial charge is 0.481 e. The molecule has 0 spiro atoms. The molecule has 0 radical (unpaired) electrons. The van der Waals surface area contributed by atoms with Crippen molar-refractivity contribution in [1.82, 2.24) is 4.98 Å². The summed E-state index contributed by atoms with van der Waals surface area (Å²) in [7, 11) is -2.70. The Morgan fingerprint density at radius 1 is 1.00 bits per heavy atom. The average Bonchev–Trinajstić information content (AvgIpc) is 2.73. The van der Waals surface area contributed by atoms with Crippen molar-refractivity contribution in [2.45, 2.75) is 11.1 Å². The molecular formula is C20H16F3N3O4S. The van der Waals surface area contributed by atoms with Gasteiger partial charge >= 0.3 is 6.18 Å². The Morgan fingerprint density at radius 3 is 2.29 bits per heavy atom. The quantitative estimate of drug-likeness (QED) is 0.587. The fraction of sp³-hybridized carbons (Fsp3) is 0.100. The number of nitrogens with one attached hydrogen (secondary N) is 2. The molecule has 2 aromatic carbocycles. The molecule has 0 saturated heterocycles. The van der Waals surface area contributed by atoms with Gasteiger partial charge in [0.1, 0.15) is 0 Å². The summed E-state index contributed by atoms with van der Waals surface area (Å²) in [6, 6.07) is 11.9. The van der Waals surface area contributed by atoms with Crippen molar-refractivity contribution in [2.24, 2.45) is 0 Å². The summed E-state index contributed by atoms with van der Waals surface area (Å²) in [6.45, 7) is 0. The molecule has 0 aliphatic rings. The monoisotopic (exact) mass is 451 g/mol. The summed E-state index contributed by atoms with van der Waals surface area (Å²) < 4.78 is 70.4. The van der Waals surface area contributed by atoms with Crippen LogP contribution in [0.25, 0.3) is 0 Å². The molecule has 11 heteroatoms. The first-order valence-electron chi connectivity index (χ1n) is 8.70. The number of amides is 1. The number of hydrogen-bond donors (Lipinski definition) is 2. The molecule has 1 aromatic heterocycles. The fourth-order valence-electron chi connectivity index (χ4n) is 2.54. The van der Waals surface area contributed by atoms with E-state index in [0.29, 0.717) is 17.6 Å². The first kappa shape index (κ1) is 22.1. The van der Waals surface area contributed by atoms with Crippen LogP contribution in [0.1, 0.15) is 15.9 Å². The normalized spacial score (nSPS) is 11.6. The maximum absolute atomic E-state index is 12.8. The molecule has 1 amide bonds. The topological polar surface area (TPSA) is 97.4 Å². The van der Waals surface area contributed by atoms with Crippen molar-refractivity contribution in [3.8, 4) is 5.88 Å². The minimum atomic E-state index is -4.60. The van der Waals surface area contributed by atoms with Gasteiger partial charge in [-0.15, -0.1) is 0 Å². The minimum absolute atomic E-state index is 0.175. The molecule has 0 aliphatic heterocycles. The van der Waals surface area contributed by atoms with Gasteiger partial charge in [0.2, 0.25) is 5.88 Å². The van der Waals surface area contributed by atoms with E-state index in [1.807, 2.05) is 0 Å². The summed E-state index contributed by atoms with van der Waals surface area (Å²) in [4.78, 5) is 16.1. The van der Waals surface area contributed by atoms with E-state index >= 15 is 0 Å². The van der Waals surface area contributed by atoms with E-state index in [1.54, 1.807) is 12.1 Å². The van der Waals surface area contributed by atoms with Crippen molar-refractivity contribution in [1.29, 1.82) is 0 Å². The van der Waals surface area contributed by atoms with Crippen molar-refractivity contribution in [3.63, 3.8) is 0 Å². The predicted molar refractivity (Wildman–Crippen MR) is 107 cm³/mol. The molecule has 31 heavy (non-hydrogen) atoms. The van der Waals surface area contributed by atoms with Crippen LogP contribution in [0.5, 0.6) is 5.88 Å². The molecule has 0 aliphatic carbocycles. The summed E-state index contributed by atoms with van der Waals surface area (Å²) >= 11 is 0. The molecule has 0 bridgehead atoms. The van der Waals surface area contributed by atoms with E-state index in [2.05, 4.69) is 15.0 Å². The second-order valence-electron chi connectivity index (χ2n) is 6.25. The summed E-state index contributed by atoms with van der Waals surface area (Å²) in [5.41, 5.74) is -0.626. The number of anilines is 2. The van der Waals surface area contributed by atoms with E-state index in [1.165, 1.54) is 43.6 Å². The Morgan fingerprint density at radius 2 is 1.71 bits per heavy atom. The number of carbonyl (C=O) groups is 1. The lowest BCUT2D eigenvalue weighted by Crippen LogP contribution is -2.15. The van der Waals surface area contributed by atoms with Gasteiger partial charge in [-0.1, -0.05) is 6.07 Å². The number of halogens is 3. The Bertz CT molecular complexity index is 1180. The predicted octanol–water partition coefficient (Wildman–Crippen LogP) is 4.16. The molecule has 7 nitrogen and oxygen atoms in total. The average molecular weight is 451 g/mol. The van der Waals surface area contributed by atoms with Gasteiger partial charge in [-0.25, -0.2) is 13.4 Å². The van der Waals surface area contributed by atoms with Gasteiger partial charge in [-0.2, -0.15) is 13.2 Å². The number of hydrogen-bond acceptors (Lipinski definition) is 5. The van der Waals surface area contributed by atoms with E-state index in [4.69, 9.17) is 4.74 Å². The Labute approximate surface area is 175 Å². The number of alkyl halides is 3. The van der Waals surface area contributed by atoms with Gasteiger partial charge in [0.25, 0.3) is 15.9 Å². The van der Waals surface area contributed by atoms with Crippen LogP contribution in [-0.4, -0.2) is 26.4 Å². The first-order valence-corrected chi connectivity index (χ1v) is 10.2. The number of sulfonamides is 1. The highest BCUT2D eigenvalue weighted by molar-refractivity contribution is 7.92. The van der Waals surface area contributed by atoms with Gasteiger partial charge in [-0.05, 0) is 48.5 Å². The number of nitrogens with zero attached hydrogens (tertiary/aromatic N) is 1. The molecule has 2 N–H and O–H groups in total. The second-order valence-corrected chi connectivity index (χ2v) is 7.93. The third-order valence-electron chi connectivity index (χ3n) is 4.07. The Kier molecular flexibility index (Phi) is 6.16. The van der Waals surface area contributed by atoms with Crippen LogP contribution in [0.15, 0.2) is 71.8 Å². The molecule has 0 fully saturated rings. The summed E-state index contributed by atoms with van der Waals surface area (Å²) in [6.07, 6.45) is -3.20. The van der Waals surface area contributed by atoms with E-state index in [9.17, 15) is 26.4 Å². The maximum Gasteiger partial charge on any atom is 0.416 e. The highest BCUT2D eigenvalue weighted by Gasteiger charge is 2.30. The third kappa shape index (κ3) is 5.51. The molecule has 1 heterocycles.